The fraction of sp³-hybridized carbons (Fsp3) is 0.600. The largest absolute Gasteiger partial charge is 0.381 e. The van der Waals surface area contributed by atoms with E-state index >= 15 is 0 Å². The summed E-state index contributed by atoms with van der Waals surface area (Å²) in [5.41, 5.74) is 1.60. The molecule has 0 saturated carbocycles. The van der Waals surface area contributed by atoms with Crippen LogP contribution in [0.25, 0.3) is 0 Å². The average molecular weight is 233 g/mol. The van der Waals surface area contributed by atoms with E-state index in [1.54, 1.807) is 0 Å². The van der Waals surface area contributed by atoms with E-state index in [0.717, 1.165) is 32.6 Å². The molecule has 1 fully saturated rings. The zero-order valence-corrected chi connectivity index (χ0v) is 10.9. The minimum Gasteiger partial charge on any atom is -0.381 e. The number of ether oxygens (including phenoxy) is 1. The molecule has 17 heavy (non-hydrogen) atoms. The van der Waals surface area contributed by atoms with Crippen LogP contribution < -0.4 is 5.32 Å². The predicted molar refractivity (Wildman–Crippen MR) is 71.3 cm³/mol. The molecule has 1 heterocycles. The molecule has 0 amide bonds. The fourth-order valence-corrected chi connectivity index (χ4v) is 2.29. The number of nitrogens with one attached hydrogen (secondary N) is 1. The Morgan fingerprint density at radius 1 is 1.18 bits per heavy atom. The van der Waals surface area contributed by atoms with Gasteiger partial charge in [0, 0.05) is 31.2 Å². The third-order valence-electron chi connectivity index (χ3n) is 3.61. The molecule has 2 nitrogen and oxygen atoms in total. The van der Waals surface area contributed by atoms with Crippen molar-refractivity contribution in [2.24, 2.45) is 0 Å². The summed E-state index contributed by atoms with van der Waals surface area (Å²) in [5.74, 6) is 0. The predicted octanol–water partition coefficient (Wildman–Crippen LogP) is 2.73. The van der Waals surface area contributed by atoms with Gasteiger partial charge < -0.3 is 10.1 Å². The third kappa shape index (κ3) is 3.55. The van der Waals surface area contributed by atoms with Gasteiger partial charge in [-0.25, -0.2) is 0 Å². The quantitative estimate of drug-likeness (QED) is 0.863. The standard InChI is InChI=1S/C15H23NO/c1-15(2,13-6-4-3-5-7-13)12-16-14-8-10-17-11-9-14/h3-7,14,16H,8-12H2,1-2H3. The Kier molecular flexibility index (Phi) is 4.19. The topological polar surface area (TPSA) is 21.3 Å². The summed E-state index contributed by atoms with van der Waals surface area (Å²) in [6.45, 7) is 7.44. The minimum atomic E-state index is 0.194. The van der Waals surface area contributed by atoms with Gasteiger partial charge in [-0.15, -0.1) is 0 Å². The molecule has 1 aromatic rings. The van der Waals surface area contributed by atoms with Crippen LogP contribution in [-0.2, 0) is 10.2 Å². The summed E-state index contributed by atoms with van der Waals surface area (Å²) < 4.78 is 5.38. The van der Waals surface area contributed by atoms with Crippen LogP contribution in [0.15, 0.2) is 30.3 Å². The second kappa shape index (κ2) is 5.65. The Hall–Kier alpha value is -0.860. The van der Waals surface area contributed by atoms with Gasteiger partial charge >= 0.3 is 0 Å². The van der Waals surface area contributed by atoms with Gasteiger partial charge in [-0.05, 0) is 18.4 Å². The first-order chi connectivity index (χ1) is 8.18. The molecule has 1 aromatic carbocycles. The third-order valence-corrected chi connectivity index (χ3v) is 3.61. The van der Waals surface area contributed by atoms with Crippen LogP contribution in [0.2, 0.25) is 0 Å². The van der Waals surface area contributed by atoms with Crippen LogP contribution in [0.1, 0.15) is 32.3 Å². The van der Waals surface area contributed by atoms with Crippen molar-refractivity contribution in [1.29, 1.82) is 0 Å². The Balaban J connectivity index is 1.88. The molecule has 0 atom stereocenters. The van der Waals surface area contributed by atoms with E-state index in [1.807, 2.05) is 0 Å². The maximum atomic E-state index is 5.38. The molecule has 0 unspecified atom stereocenters. The molecule has 0 bridgehead atoms. The van der Waals surface area contributed by atoms with Crippen molar-refractivity contribution in [2.45, 2.75) is 38.1 Å². The lowest BCUT2D eigenvalue weighted by molar-refractivity contribution is 0.0767. The van der Waals surface area contributed by atoms with Crippen LogP contribution in [0.3, 0.4) is 0 Å². The summed E-state index contributed by atoms with van der Waals surface area (Å²) in [6, 6.07) is 11.4. The molecule has 0 aromatic heterocycles. The number of hydrogen-bond acceptors (Lipinski definition) is 2. The monoisotopic (exact) mass is 233 g/mol. The Morgan fingerprint density at radius 3 is 2.47 bits per heavy atom. The zero-order chi connectivity index (χ0) is 12.1. The SMILES string of the molecule is CC(C)(CNC1CCOCC1)c1ccccc1. The van der Waals surface area contributed by atoms with Crippen molar-refractivity contribution in [1.82, 2.24) is 5.32 Å². The molecule has 0 spiro atoms. The van der Waals surface area contributed by atoms with Gasteiger partial charge in [0.2, 0.25) is 0 Å². The maximum absolute atomic E-state index is 5.38. The van der Waals surface area contributed by atoms with E-state index in [9.17, 15) is 0 Å². The molecule has 1 aliphatic heterocycles. The molecule has 0 radical (unpaired) electrons. The lowest BCUT2D eigenvalue weighted by Crippen LogP contribution is -2.41. The first-order valence-electron chi connectivity index (χ1n) is 6.55. The second-order valence-electron chi connectivity index (χ2n) is 5.52. The van der Waals surface area contributed by atoms with Crippen molar-refractivity contribution in [3.8, 4) is 0 Å². The van der Waals surface area contributed by atoms with Crippen LogP contribution in [-0.4, -0.2) is 25.8 Å². The van der Waals surface area contributed by atoms with Crippen LogP contribution in [0, 0.1) is 0 Å². The summed E-state index contributed by atoms with van der Waals surface area (Å²) in [4.78, 5) is 0. The van der Waals surface area contributed by atoms with Crippen LogP contribution in [0.4, 0.5) is 0 Å². The number of benzene rings is 1. The van der Waals surface area contributed by atoms with Gasteiger partial charge in [-0.2, -0.15) is 0 Å². The highest BCUT2D eigenvalue weighted by molar-refractivity contribution is 5.23. The molecule has 1 saturated heterocycles. The lowest BCUT2D eigenvalue weighted by atomic mass is 9.84. The number of hydrogen-bond donors (Lipinski definition) is 1. The van der Waals surface area contributed by atoms with E-state index < -0.39 is 0 Å². The van der Waals surface area contributed by atoms with Crippen molar-refractivity contribution < 1.29 is 4.74 Å². The Bertz CT molecular complexity index is 328. The van der Waals surface area contributed by atoms with Gasteiger partial charge in [0.05, 0.1) is 0 Å². The van der Waals surface area contributed by atoms with E-state index in [-0.39, 0.29) is 5.41 Å². The maximum Gasteiger partial charge on any atom is 0.0480 e. The Labute approximate surface area is 104 Å². The zero-order valence-electron chi connectivity index (χ0n) is 10.9. The molecule has 94 valence electrons. The first kappa shape index (κ1) is 12.6. The molecular weight excluding hydrogens is 210 g/mol. The van der Waals surface area contributed by atoms with Gasteiger partial charge in [-0.3, -0.25) is 0 Å². The van der Waals surface area contributed by atoms with Gasteiger partial charge in [0.15, 0.2) is 0 Å². The van der Waals surface area contributed by atoms with Gasteiger partial charge in [0.1, 0.15) is 0 Å². The van der Waals surface area contributed by atoms with Gasteiger partial charge in [-0.1, -0.05) is 44.2 Å². The molecule has 1 N–H and O–H groups in total. The lowest BCUT2D eigenvalue weighted by Gasteiger charge is -2.30. The summed E-state index contributed by atoms with van der Waals surface area (Å²) in [5, 5.41) is 3.68. The van der Waals surface area contributed by atoms with Crippen molar-refractivity contribution in [3.05, 3.63) is 35.9 Å². The number of rotatable bonds is 4. The van der Waals surface area contributed by atoms with Crippen molar-refractivity contribution in [2.75, 3.05) is 19.8 Å². The Morgan fingerprint density at radius 2 is 1.82 bits per heavy atom. The molecule has 2 heteroatoms. The highest BCUT2D eigenvalue weighted by atomic mass is 16.5. The van der Waals surface area contributed by atoms with Gasteiger partial charge in [0.25, 0.3) is 0 Å². The summed E-state index contributed by atoms with van der Waals surface area (Å²) in [7, 11) is 0. The summed E-state index contributed by atoms with van der Waals surface area (Å²) in [6.07, 6.45) is 2.29. The van der Waals surface area contributed by atoms with E-state index in [2.05, 4.69) is 49.5 Å². The van der Waals surface area contributed by atoms with E-state index in [4.69, 9.17) is 4.74 Å². The average Bonchev–Trinajstić information content (AvgIpc) is 2.39. The van der Waals surface area contributed by atoms with Crippen molar-refractivity contribution in [3.63, 3.8) is 0 Å². The highest BCUT2D eigenvalue weighted by Crippen LogP contribution is 2.22. The molecule has 1 aliphatic rings. The van der Waals surface area contributed by atoms with Crippen molar-refractivity contribution >= 4 is 0 Å². The highest BCUT2D eigenvalue weighted by Gasteiger charge is 2.22. The first-order valence-corrected chi connectivity index (χ1v) is 6.55. The molecule has 2 rings (SSSR count). The molecular formula is C15H23NO. The van der Waals surface area contributed by atoms with Crippen LogP contribution in [0.5, 0.6) is 0 Å². The normalized spacial score (nSPS) is 18.2. The fourth-order valence-electron chi connectivity index (χ4n) is 2.29. The minimum absolute atomic E-state index is 0.194. The van der Waals surface area contributed by atoms with E-state index in [0.29, 0.717) is 6.04 Å². The van der Waals surface area contributed by atoms with E-state index in [1.165, 1.54) is 5.56 Å². The van der Waals surface area contributed by atoms with Crippen LogP contribution >= 0.6 is 0 Å². The molecule has 0 aliphatic carbocycles. The smallest absolute Gasteiger partial charge is 0.0480 e. The second-order valence-corrected chi connectivity index (χ2v) is 5.52. The summed E-state index contributed by atoms with van der Waals surface area (Å²) >= 11 is 0.